The summed E-state index contributed by atoms with van der Waals surface area (Å²) >= 11 is 0. The van der Waals surface area contributed by atoms with Gasteiger partial charge in [0.1, 0.15) is 0 Å². The predicted molar refractivity (Wildman–Crippen MR) is 33.6 cm³/mol. The monoisotopic (exact) mass is 192 g/mol. The van der Waals surface area contributed by atoms with Crippen LogP contribution in [0.5, 0.6) is 0 Å². The van der Waals surface area contributed by atoms with Gasteiger partial charge in [-0.1, -0.05) is 20.8 Å². The van der Waals surface area contributed by atoms with Gasteiger partial charge in [-0.2, -0.15) is 0 Å². The van der Waals surface area contributed by atoms with Gasteiger partial charge in [0.2, 0.25) is 0 Å². The zero-order valence-corrected chi connectivity index (χ0v) is 7.42. The van der Waals surface area contributed by atoms with Crippen molar-refractivity contribution in [3.05, 3.63) is 0 Å². The molecule has 10 heavy (non-hydrogen) atoms. The van der Waals surface area contributed by atoms with Crippen LogP contribution in [0.15, 0.2) is 0 Å². The van der Waals surface area contributed by atoms with E-state index < -0.39 is 5.97 Å². The van der Waals surface area contributed by atoms with E-state index in [4.69, 9.17) is 0 Å². The van der Waals surface area contributed by atoms with Gasteiger partial charge in [-0.15, -0.1) is 0 Å². The first-order valence-corrected chi connectivity index (χ1v) is 3.25. The molecule has 0 spiro atoms. The fraction of sp³-hybridized carbons (Fsp3) is 0.857. The SMILES string of the molecule is CC(C)CC(C)C(=O)[O-].[Cu+]. The van der Waals surface area contributed by atoms with E-state index in [1.165, 1.54) is 0 Å². The van der Waals surface area contributed by atoms with E-state index in [1.54, 1.807) is 6.92 Å². The Morgan fingerprint density at radius 3 is 1.90 bits per heavy atom. The molecule has 0 aliphatic carbocycles. The summed E-state index contributed by atoms with van der Waals surface area (Å²) in [6.07, 6.45) is 0.711. The van der Waals surface area contributed by atoms with Crippen molar-refractivity contribution in [2.75, 3.05) is 0 Å². The largest absolute Gasteiger partial charge is 1.00 e. The summed E-state index contributed by atoms with van der Waals surface area (Å²) in [6.45, 7) is 5.67. The Hall–Kier alpha value is -0.0105. The van der Waals surface area contributed by atoms with Crippen molar-refractivity contribution in [2.24, 2.45) is 11.8 Å². The zero-order chi connectivity index (χ0) is 7.44. The van der Waals surface area contributed by atoms with Gasteiger partial charge >= 0.3 is 17.1 Å². The topological polar surface area (TPSA) is 40.1 Å². The molecule has 0 amide bonds. The summed E-state index contributed by atoms with van der Waals surface area (Å²) in [4.78, 5) is 10.1. The molecular weight excluding hydrogens is 180 g/mol. The third-order valence-electron chi connectivity index (χ3n) is 1.23. The fourth-order valence-electron chi connectivity index (χ4n) is 0.803. The molecule has 0 fully saturated rings. The fourth-order valence-corrected chi connectivity index (χ4v) is 0.803. The molecule has 3 heteroatoms. The maximum atomic E-state index is 10.1. The number of carboxylic acids is 1. The molecule has 0 saturated heterocycles. The van der Waals surface area contributed by atoms with E-state index >= 15 is 0 Å². The van der Waals surface area contributed by atoms with Crippen LogP contribution in [0.25, 0.3) is 0 Å². The second-order valence-corrected chi connectivity index (χ2v) is 2.85. The number of carbonyl (C=O) groups is 1. The molecule has 0 aromatic heterocycles. The molecule has 64 valence electrons. The number of rotatable bonds is 3. The molecule has 1 unspecified atom stereocenters. The van der Waals surface area contributed by atoms with Crippen LogP contribution in [-0.4, -0.2) is 5.97 Å². The maximum absolute atomic E-state index is 10.1. The van der Waals surface area contributed by atoms with E-state index in [9.17, 15) is 9.90 Å². The van der Waals surface area contributed by atoms with Crippen LogP contribution in [-0.2, 0) is 21.9 Å². The Morgan fingerprint density at radius 1 is 1.40 bits per heavy atom. The number of hydrogen-bond acceptors (Lipinski definition) is 2. The molecule has 0 aromatic carbocycles. The quantitative estimate of drug-likeness (QED) is 0.608. The van der Waals surface area contributed by atoms with E-state index in [0.29, 0.717) is 12.3 Å². The summed E-state index contributed by atoms with van der Waals surface area (Å²) in [5.41, 5.74) is 0. The molecule has 0 saturated carbocycles. The zero-order valence-electron chi connectivity index (χ0n) is 6.48. The van der Waals surface area contributed by atoms with Gasteiger partial charge < -0.3 is 9.90 Å². The molecule has 0 radical (unpaired) electrons. The minimum Gasteiger partial charge on any atom is -0.550 e. The molecule has 0 aromatic rings. The van der Waals surface area contributed by atoms with E-state index in [1.807, 2.05) is 13.8 Å². The van der Waals surface area contributed by atoms with Crippen molar-refractivity contribution < 1.29 is 27.0 Å². The number of carbonyl (C=O) groups excluding carboxylic acids is 1. The van der Waals surface area contributed by atoms with Crippen LogP contribution < -0.4 is 5.11 Å². The van der Waals surface area contributed by atoms with Gasteiger partial charge in [0.15, 0.2) is 0 Å². The molecule has 2 nitrogen and oxygen atoms in total. The molecule has 0 aliphatic heterocycles. The van der Waals surface area contributed by atoms with E-state index in [2.05, 4.69) is 0 Å². The minimum absolute atomic E-state index is 0. The van der Waals surface area contributed by atoms with Crippen LogP contribution in [0, 0.1) is 11.8 Å². The number of hydrogen-bond donors (Lipinski definition) is 0. The first-order chi connectivity index (χ1) is 4.04. The normalized spacial score (nSPS) is 12.4. The third-order valence-corrected chi connectivity index (χ3v) is 1.23. The summed E-state index contributed by atoms with van der Waals surface area (Å²) in [7, 11) is 0. The Balaban J connectivity index is 0. The van der Waals surface area contributed by atoms with Crippen molar-refractivity contribution in [1.82, 2.24) is 0 Å². The average Bonchev–Trinajstić information content (AvgIpc) is 1.63. The average molecular weight is 193 g/mol. The van der Waals surface area contributed by atoms with Crippen LogP contribution in [0.3, 0.4) is 0 Å². The van der Waals surface area contributed by atoms with Gasteiger partial charge in [0.05, 0.1) is 0 Å². The molecule has 0 bridgehead atoms. The summed E-state index contributed by atoms with van der Waals surface area (Å²) in [5.74, 6) is -0.799. The first kappa shape index (κ1) is 12.6. The molecule has 0 N–H and O–H groups in total. The molecule has 0 heterocycles. The second-order valence-electron chi connectivity index (χ2n) is 2.85. The van der Waals surface area contributed by atoms with Crippen molar-refractivity contribution >= 4 is 5.97 Å². The van der Waals surface area contributed by atoms with Crippen LogP contribution in [0.2, 0.25) is 0 Å². The van der Waals surface area contributed by atoms with Crippen molar-refractivity contribution in [3.63, 3.8) is 0 Å². The van der Waals surface area contributed by atoms with Crippen molar-refractivity contribution in [1.29, 1.82) is 0 Å². The van der Waals surface area contributed by atoms with Gasteiger partial charge in [-0.05, 0) is 18.3 Å². The van der Waals surface area contributed by atoms with Gasteiger partial charge in [0.25, 0.3) is 0 Å². The standard InChI is InChI=1S/C7H14O2.Cu/c1-5(2)4-6(3)7(8)9;/h5-6H,4H2,1-3H3,(H,8,9);/q;+1/p-1. The molecule has 0 aliphatic rings. The van der Waals surface area contributed by atoms with E-state index in [0.717, 1.165) is 0 Å². The predicted octanol–water partition coefficient (Wildman–Crippen LogP) is 0.416. The molecule has 0 rings (SSSR count). The van der Waals surface area contributed by atoms with Crippen molar-refractivity contribution in [2.45, 2.75) is 27.2 Å². The first-order valence-electron chi connectivity index (χ1n) is 3.25. The summed E-state index contributed by atoms with van der Waals surface area (Å²) in [5, 5.41) is 10.1. The molecule has 1 atom stereocenters. The minimum atomic E-state index is -0.941. The van der Waals surface area contributed by atoms with Crippen molar-refractivity contribution in [3.8, 4) is 0 Å². The Kier molecular flexibility index (Phi) is 7.27. The molecular formula is C7H13CuO2. The summed E-state index contributed by atoms with van der Waals surface area (Å²) < 4.78 is 0. The number of carboxylic acid groups (broad SMARTS) is 1. The van der Waals surface area contributed by atoms with Gasteiger partial charge in [0, 0.05) is 5.97 Å². The summed E-state index contributed by atoms with van der Waals surface area (Å²) in [6, 6.07) is 0. The van der Waals surface area contributed by atoms with Gasteiger partial charge in [-0.3, -0.25) is 0 Å². The van der Waals surface area contributed by atoms with Gasteiger partial charge in [-0.25, -0.2) is 0 Å². The third kappa shape index (κ3) is 6.11. The van der Waals surface area contributed by atoms with Crippen LogP contribution in [0.1, 0.15) is 27.2 Å². The smallest absolute Gasteiger partial charge is 0.550 e. The Morgan fingerprint density at radius 2 is 1.80 bits per heavy atom. The van der Waals surface area contributed by atoms with Crippen LogP contribution >= 0.6 is 0 Å². The van der Waals surface area contributed by atoms with Crippen LogP contribution in [0.4, 0.5) is 0 Å². The Bertz CT molecular complexity index is 102. The Labute approximate surface area is 72.5 Å². The number of aliphatic carboxylic acids is 1. The maximum Gasteiger partial charge on any atom is 1.00 e. The second kappa shape index (κ2) is 5.75. The van der Waals surface area contributed by atoms with E-state index in [-0.39, 0.29) is 23.0 Å².